The summed E-state index contributed by atoms with van der Waals surface area (Å²) in [5, 5.41) is 10.8. The van der Waals surface area contributed by atoms with Crippen molar-refractivity contribution in [2.24, 2.45) is 4.99 Å². The maximum atomic E-state index is 12.7. The van der Waals surface area contributed by atoms with Crippen LogP contribution >= 0.6 is 35.6 Å². The predicted molar refractivity (Wildman–Crippen MR) is 131 cm³/mol. The number of rotatable bonds is 9. The number of halogens is 4. The van der Waals surface area contributed by atoms with E-state index in [0.29, 0.717) is 36.2 Å². The summed E-state index contributed by atoms with van der Waals surface area (Å²) in [6.07, 6.45) is 3.17. The van der Waals surface area contributed by atoms with Crippen molar-refractivity contribution < 1.29 is 13.5 Å². The summed E-state index contributed by atoms with van der Waals surface area (Å²) in [7, 11) is 0. The minimum Gasteiger partial charge on any atom is -0.434 e. The first-order valence-corrected chi connectivity index (χ1v) is 10.1. The van der Waals surface area contributed by atoms with Gasteiger partial charge in [-0.15, -0.1) is 24.0 Å². The molecule has 0 spiro atoms. The van der Waals surface area contributed by atoms with E-state index in [-0.39, 0.29) is 36.3 Å². The molecule has 0 fully saturated rings. The van der Waals surface area contributed by atoms with Crippen LogP contribution in [0, 0.1) is 0 Å². The van der Waals surface area contributed by atoms with Gasteiger partial charge in [0.1, 0.15) is 18.4 Å². The van der Waals surface area contributed by atoms with Gasteiger partial charge < -0.3 is 15.4 Å². The smallest absolute Gasteiger partial charge is 0.387 e. The van der Waals surface area contributed by atoms with Crippen LogP contribution in [0.15, 0.2) is 60.1 Å². The number of alkyl halides is 2. The van der Waals surface area contributed by atoms with Crippen LogP contribution in [0.25, 0.3) is 0 Å². The van der Waals surface area contributed by atoms with E-state index in [1.165, 1.54) is 18.5 Å². The Bertz CT molecular complexity index is 1000. The molecular weight excluding hydrogens is 553 g/mol. The molecule has 0 bridgehead atoms. The van der Waals surface area contributed by atoms with Crippen LogP contribution in [0.1, 0.15) is 23.6 Å². The molecule has 3 rings (SSSR count). The summed E-state index contributed by atoms with van der Waals surface area (Å²) >= 11 is 6.01. The Morgan fingerprint density at radius 3 is 2.72 bits per heavy atom. The fourth-order valence-electron chi connectivity index (χ4n) is 2.92. The van der Waals surface area contributed by atoms with Gasteiger partial charge in [-0.05, 0) is 36.2 Å². The van der Waals surface area contributed by atoms with Gasteiger partial charge in [-0.3, -0.25) is 0 Å². The van der Waals surface area contributed by atoms with Crippen molar-refractivity contribution in [1.82, 2.24) is 25.4 Å². The lowest BCUT2D eigenvalue weighted by atomic mass is 10.1. The molecule has 0 atom stereocenters. The largest absolute Gasteiger partial charge is 0.434 e. The third-order valence-corrected chi connectivity index (χ3v) is 4.49. The first kappa shape index (κ1) is 25.8. The third-order valence-electron chi connectivity index (χ3n) is 4.25. The highest BCUT2D eigenvalue weighted by Crippen LogP contribution is 2.24. The second kappa shape index (κ2) is 13.2. The maximum Gasteiger partial charge on any atom is 0.387 e. The minimum absolute atomic E-state index is 0. The van der Waals surface area contributed by atoms with Crippen molar-refractivity contribution in [1.29, 1.82) is 0 Å². The van der Waals surface area contributed by atoms with Gasteiger partial charge in [0.15, 0.2) is 5.96 Å². The zero-order valence-electron chi connectivity index (χ0n) is 17.3. The van der Waals surface area contributed by atoms with Crippen LogP contribution in [0.3, 0.4) is 0 Å². The monoisotopic (exact) mass is 576 g/mol. The van der Waals surface area contributed by atoms with Crippen LogP contribution in [-0.4, -0.2) is 33.9 Å². The number of nitrogens with zero attached hydrogens (tertiary/aromatic N) is 4. The number of benzene rings is 2. The van der Waals surface area contributed by atoms with Crippen molar-refractivity contribution in [3.05, 3.63) is 76.8 Å². The second-order valence-electron chi connectivity index (χ2n) is 6.59. The zero-order chi connectivity index (χ0) is 22.1. The normalized spacial score (nSPS) is 11.2. The Balaban J connectivity index is 0.00000363. The van der Waals surface area contributed by atoms with Gasteiger partial charge in [0, 0.05) is 23.7 Å². The van der Waals surface area contributed by atoms with E-state index in [9.17, 15) is 8.78 Å². The van der Waals surface area contributed by atoms with Gasteiger partial charge >= 0.3 is 6.61 Å². The van der Waals surface area contributed by atoms with Gasteiger partial charge in [0.05, 0.1) is 13.1 Å². The predicted octanol–water partition coefficient (Wildman–Crippen LogP) is 4.45. The SMILES string of the molecule is CCNC(=NCc1cccc(Cn2cncn2)c1)NCc1cc(Cl)ccc1OC(F)F.I. The molecule has 2 N–H and O–H groups in total. The van der Waals surface area contributed by atoms with Gasteiger partial charge in [-0.25, -0.2) is 14.7 Å². The highest BCUT2D eigenvalue weighted by molar-refractivity contribution is 14.0. The fourth-order valence-corrected chi connectivity index (χ4v) is 3.11. The molecule has 3 aromatic rings. The molecule has 0 aliphatic rings. The lowest BCUT2D eigenvalue weighted by Crippen LogP contribution is -2.36. The van der Waals surface area contributed by atoms with Crippen molar-refractivity contribution >= 4 is 41.5 Å². The molecule has 0 saturated carbocycles. The number of guanidine groups is 1. The Kier molecular flexibility index (Phi) is 10.6. The summed E-state index contributed by atoms with van der Waals surface area (Å²) in [6.45, 7) is 0.968. The van der Waals surface area contributed by atoms with Crippen molar-refractivity contribution in [3.63, 3.8) is 0 Å². The molecule has 1 heterocycles. The number of aromatic nitrogens is 3. The molecule has 2 aromatic carbocycles. The van der Waals surface area contributed by atoms with Crippen molar-refractivity contribution in [2.75, 3.05) is 6.54 Å². The number of aliphatic imine (C=N–C) groups is 1. The number of nitrogens with one attached hydrogen (secondary N) is 2. The number of hydrogen-bond donors (Lipinski definition) is 2. The molecule has 0 aliphatic heterocycles. The van der Waals surface area contributed by atoms with Gasteiger partial charge in [-0.1, -0.05) is 35.9 Å². The highest BCUT2D eigenvalue weighted by atomic mass is 127. The molecule has 0 amide bonds. The topological polar surface area (TPSA) is 76.4 Å². The molecule has 11 heteroatoms. The van der Waals surface area contributed by atoms with E-state index in [1.807, 2.05) is 25.1 Å². The maximum absolute atomic E-state index is 12.7. The summed E-state index contributed by atoms with van der Waals surface area (Å²) in [4.78, 5) is 8.54. The summed E-state index contributed by atoms with van der Waals surface area (Å²) in [5.74, 6) is 0.621. The molecule has 0 radical (unpaired) electrons. The molecule has 0 aliphatic carbocycles. The van der Waals surface area contributed by atoms with E-state index < -0.39 is 6.61 Å². The fraction of sp³-hybridized carbons (Fsp3) is 0.286. The van der Waals surface area contributed by atoms with Crippen LogP contribution in [-0.2, 0) is 19.6 Å². The molecule has 7 nitrogen and oxygen atoms in total. The van der Waals surface area contributed by atoms with E-state index in [0.717, 1.165) is 11.1 Å². The standard InChI is InChI=1S/C21H23ClF2N6O.HI/c1-2-26-21(28-11-17-9-18(22)6-7-19(17)31-20(23)24)27-10-15-4-3-5-16(8-15)12-30-14-25-13-29-30;/h3-9,13-14,20H,2,10-12H2,1H3,(H2,26,27,28);1H. The average Bonchev–Trinajstić information content (AvgIpc) is 3.25. The molecule has 0 saturated heterocycles. The van der Waals surface area contributed by atoms with Crippen LogP contribution < -0.4 is 15.4 Å². The van der Waals surface area contributed by atoms with Crippen molar-refractivity contribution in [3.8, 4) is 5.75 Å². The zero-order valence-corrected chi connectivity index (χ0v) is 20.4. The first-order valence-electron chi connectivity index (χ1n) is 9.69. The van der Waals surface area contributed by atoms with Gasteiger partial charge in [-0.2, -0.15) is 13.9 Å². The molecule has 1 aromatic heterocycles. The molecule has 172 valence electrons. The van der Waals surface area contributed by atoms with Gasteiger partial charge in [0.2, 0.25) is 0 Å². The number of ether oxygens (including phenoxy) is 1. The second-order valence-corrected chi connectivity index (χ2v) is 7.03. The minimum atomic E-state index is -2.91. The van der Waals surface area contributed by atoms with Gasteiger partial charge in [0.25, 0.3) is 0 Å². The van der Waals surface area contributed by atoms with Crippen LogP contribution in [0.4, 0.5) is 8.78 Å². The summed E-state index contributed by atoms with van der Waals surface area (Å²) in [5.41, 5.74) is 2.62. The van der Waals surface area contributed by atoms with Crippen LogP contribution in [0.2, 0.25) is 5.02 Å². The highest BCUT2D eigenvalue weighted by Gasteiger charge is 2.11. The lowest BCUT2D eigenvalue weighted by molar-refractivity contribution is -0.0504. The van der Waals surface area contributed by atoms with E-state index >= 15 is 0 Å². The Labute approximate surface area is 207 Å². The third kappa shape index (κ3) is 8.23. The van der Waals surface area contributed by atoms with E-state index in [4.69, 9.17) is 11.6 Å². The Morgan fingerprint density at radius 2 is 2.00 bits per heavy atom. The summed E-state index contributed by atoms with van der Waals surface area (Å²) in [6, 6.07) is 12.6. The Hall–Kier alpha value is -2.47. The van der Waals surface area contributed by atoms with Crippen LogP contribution in [0.5, 0.6) is 5.75 Å². The summed E-state index contributed by atoms with van der Waals surface area (Å²) < 4.78 is 31.6. The average molecular weight is 577 g/mol. The Morgan fingerprint density at radius 1 is 1.19 bits per heavy atom. The first-order chi connectivity index (χ1) is 15.0. The molecule has 0 unspecified atom stereocenters. The lowest BCUT2D eigenvalue weighted by Gasteiger charge is -2.15. The quantitative estimate of drug-likeness (QED) is 0.224. The van der Waals surface area contributed by atoms with E-state index in [2.05, 4.69) is 36.5 Å². The molecular formula is C21H24ClF2IN6O. The number of hydrogen-bond acceptors (Lipinski definition) is 4. The van der Waals surface area contributed by atoms with Crippen molar-refractivity contribution in [2.45, 2.75) is 33.2 Å². The van der Waals surface area contributed by atoms with E-state index in [1.54, 1.807) is 17.1 Å². The molecule has 32 heavy (non-hydrogen) atoms.